The van der Waals surface area contributed by atoms with Crippen LogP contribution in [0.4, 0.5) is 0 Å². The van der Waals surface area contributed by atoms with Crippen LogP contribution in [0.5, 0.6) is 0 Å². The highest BCUT2D eigenvalue weighted by Crippen LogP contribution is 2.54. The van der Waals surface area contributed by atoms with Crippen molar-refractivity contribution in [2.24, 2.45) is 5.92 Å². The summed E-state index contributed by atoms with van der Waals surface area (Å²) in [5.41, 5.74) is -0.193. The van der Waals surface area contributed by atoms with Gasteiger partial charge in [0.1, 0.15) is 6.10 Å². The Balaban J connectivity index is 1.38. The lowest BCUT2D eigenvalue weighted by atomic mass is 9.76. The van der Waals surface area contributed by atoms with Crippen LogP contribution in [0, 0.1) is 5.92 Å². The number of fused-ring (bicyclic) bond motifs is 3. The highest BCUT2D eigenvalue weighted by Gasteiger charge is 2.64. The number of ether oxygens (including phenoxy) is 4. The zero-order chi connectivity index (χ0) is 22.1. The topological polar surface area (TPSA) is 46.2 Å². The van der Waals surface area contributed by atoms with Crippen LogP contribution < -0.4 is 0 Å². The fourth-order valence-electron chi connectivity index (χ4n) is 5.70. The molecule has 4 fully saturated rings. The average molecular weight is 441 g/mol. The molecule has 0 aromatic carbocycles. The SMILES string of the molecule is CC(O[Si](C)(C)C(C)(C)C)[C@H](C)CC1CC[C@@H]2O[C@@H]3C[C@]2(C[C@H]2OC(C)(C)OC32)O1. The summed E-state index contributed by atoms with van der Waals surface area (Å²) >= 11 is 0. The molecule has 0 aromatic heterocycles. The Bertz CT molecular complexity index is 644. The molecule has 0 aromatic rings. The summed E-state index contributed by atoms with van der Waals surface area (Å²) in [5.74, 6) is -0.0504. The van der Waals surface area contributed by atoms with E-state index in [4.69, 9.17) is 23.4 Å². The lowest BCUT2D eigenvalue weighted by molar-refractivity contribution is -0.195. The third kappa shape index (κ3) is 4.17. The van der Waals surface area contributed by atoms with Gasteiger partial charge in [0.25, 0.3) is 0 Å². The van der Waals surface area contributed by atoms with E-state index in [0.29, 0.717) is 5.92 Å². The van der Waals surface area contributed by atoms with E-state index in [-0.39, 0.29) is 47.3 Å². The lowest BCUT2D eigenvalue weighted by Crippen LogP contribution is -2.54. The van der Waals surface area contributed by atoms with Crippen molar-refractivity contribution in [2.45, 2.75) is 147 Å². The van der Waals surface area contributed by atoms with Gasteiger partial charge in [-0.3, -0.25) is 0 Å². The second kappa shape index (κ2) is 7.52. The zero-order valence-corrected chi connectivity index (χ0v) is 21.6. The second-order valence-corrected chi connectivity index (χ2v) is 17.1. The molecule has 1 aliphatic carbocycles. The molecule has 3 unspecified atom stereocenters. The maximum Gasteiger partial charge on any atom is 0.192 e. The van der Waals surface area contributed by atoms with Gasteiger partial charge in [-0.15, -0.1) is 0 Å². The first kappa shape index (κ1) is 23.2. The number of rotatable bonds is 5. The van der Waals surface area contributed by atoms with E-state index >= 15 is 0 Å². The molecule has 1 spiro atoms. The van der Waals surface area contributed by atoms with Gasteiger partial charge in [0.15, 0.2) is 14.1 Å². The van der Waals surface area contributed by atoms with Crippen LogP contribution in [-0.4, -0.2) is 56.3 Å². The van der Waals surface area contributed by atoms with Crippen molar-refractivity contribution >= 4 is 8.32 Å². The van der Waals surface area contributed by atoms with Crippen LogP contribution in [0.15, 0.2) is 0 Å². The van der Waals surface area contributed by atoms with Gasteiger partial charge in [-0.1, -0.05) is 27.7 Å². The molecule has 4 aliphatic rings. The van der Waals surface area contributed by atoms with Gasteiger partial charge in [0.2, 0.25) is 0 Å². The average Bonchev–Trinajstić information content (AvgIpc) is 3.07. The van der Waals surface area contributed by atoms with E-state index in [1.807, 2.05) is 13.8 Å². The van der Waals surface area contributed by atoms with Gasteiger partial charge in [-0.05, 0) is 64.1 Å². The highest BCUT2D eigenvalue weighted by atomic mass is 28.4. The molecule has 3 heterocycles. The minimum absolute atomic E-state index is 0.0511. The van der Waals surface area contributed by atoms with Gasteiger partial charge < -0.3 is 23.4 Å². The molecule has 1 saturated carbocycles. The first-order valence-corrected chi connectivity index (χ1v) is 15.0. The molecular weight excluding hydrogens is 396 g/mol. The van der Waals surface area contributed by atoms with E-state index in [0.717, 1.165) is 32.1 Å². The van der Waals surface area contributed by atoms with Crippen LogP contribution >= 0.6 is 0 Å². The van der Waals surface area contributed by atoms with Crippen molar-refractivity contribution in [1.82, 2.24) is 0 Å². The van der Waals surface area contributed by atoms with Crippen LogP contribution in [0.2, 0.25) is 18.1 Å². The number of hydrogen-bond acceptors (Lipinski definition) is 5. The van der Waals surface area contributed by atoms with Crippen molar-refractivity contribution in [3.63, 3.8) is 0 Å². The molecule has 174 valence electrons. The highest BCUT2D eigenvalue weighted by molar-refractivity contribution is 6.74. The predicted octanol–water partition coefficient (Wildman–Crippen LogP) is 5.42. The minimum atomic E-state index is -1.76. The summed E-state index contributed by atoms with van der Waals surface area (Å²) in [5, 5.41) is 0.237. The third-order valence-electron chi connectivity index (χ3n) is 8.48. The molecule has 4 rings (SSSR count). The first-order valence-electron chi connectivity index (χ1n) is 12.1. The predicted molar refractivity (Wildman–Crippen MR) is 120 cm³/mol. The summed E-state index contributed by atoms with van der Waals surface area (Å²) in [7, 11) is -1.76. The van der Waals surface area contributed by atoms with E-state index in [2.05, 4.69) is 47.7 Å². The molecule has 6 heteroatoms. The third-order valence-corrected chi connectivity index (χ3v) is 13.1. The maximum atomic E-state index is 6.86. The molecule has 8 atom stereocenters. The van der Waals surface area contributed by atoms with Crippen LogP contribution in [0.3, 0.4) is 0 Å². The Kier molecular flexibility index (Phi) is 5.82. The van der Waals surface area contributed by atoms with Crippen LogP contribution in [0.1, 0.15) is 80.6 Å². The molecule has 5 nitrogen and oxygen atoms in total. The van der Waals surface area contributed by atoms with Gasteiger partial charge in [0.05, 0.1) is 30.0 Å². The standard InChI is InChI=1S/C24H44O5Si/c1-15(16(2)29-30(8,9)22(3,4)5)12-17-10-11-20-24(26-17)13-18(25-20)21-19(14-24)27-23(6,7)28-21/h15-21H,10-14H2,1-9H3/t15-,16?,17?,18-,19-,20+,21?,24-/m1/s1. The molecule has 2 bridgehead atoms. The molecule has 0 radical (unpaired) electrons. The van der Waals surface area contributed by atoms with E-state index in [1.165, 1.54) is 0 Å². The quantitative estimate of drug-likeness (QED) is 0.534. The van der Waals surface area contributed by atoms with Crippen molar-refractivity contribution in [3.05, 3.63) is 0 Å². The molecule has 3 saturated heterocycles. The summed E-state index contributed by atoms with van der Waals surface area (Å²) in [6.07, 6.45) is 5.98. The molecule has 0 N–H and O–H groups in total. The van der Waals surface area contributed by atoms with Gasteiger partial charge in [-0.2, -0.15) is 0 Å². The monoisotopic (exact) mass is 440 g/mol. The van der Waals surface area contributed by atoms with Crippen molar-refractivity contribution in [1.29, 1.82) is 0 Å². The fourth-order valence-corrected chi connectivity index (χ4v) is 7.22. The summed E-state index contributed by atoms with van der Waals surface area (Å²) < 4.78 is 32.4. The Hall–Kier alpha value is 0.0169. The Morgan fingerprint density at radius 1 is 1.00 bits per heavy atom. The van der Waals surface area contributed by atoms with Crippen molar-refractivity contribution < 1.29 is 23.4 Å². The molecule has 3 aliphatic heterocycles. The zero-order valence-electron chi connectivity index (χ0n) is 20.6. The Labute approximate surface area is 184 Å². The largest absolute Gasteiger partial charge is 0.414 e. The molecule has 30 heavy (non-hydrogen) atoms. The molecular formula is C24H44O5Si. The Morgan fingerprint density at radius 2 is 1.67 bits per heavy atom. The van der Waals surface area contributed by atoms with Gasteiger partial charge >= 0.3 is 0 Å². The lowest BCUT2D eigenvalue weighted by Gasteiger charge is -2.45. The summed E-state index contributed by atoms with van der Waals surface area (Å²) in [4.78, 5) is 0. The first-order chi connectivity index (χ1) is 13.7. The van der Waals surface area contributed by atoms with E-state index in [1.54, 1.807) is 0 Å². The maximum absolute atomic E-state index is 6.86. The van der Waals surface area contributed by atoms with Crippen molar-refractivity contribution in [2.75, 3.05) is 0 Å². The summed E-state index contributed by atoms with van der Waals surface area (Å²) in [6.45, 7) is 20.2. The van der Waals surface area contributed by atoms with E-state index in [9.17, 15) is 0 Å². The van der Waals surface area contributed by atoms with Crippen LogP contribution in [-0.2, 0) is 23.4 Å². The summed E-state index contributed by atoms with van der Waals surface area (Å²) in [6, 6.07) is 0. The minimum Gasteiger partial charge on any atom is -0.414 e. The van der Waals surface area contributed by atoms with Crippen LogP contribution in [0.25, 0.3) is 0 Å². The second-order valence-electron chi connectivity index (χ2n) is 12.4. The fraction of sp³-hybridized carbons (Fsp3) is 1.00. The van der Waals surface area contributed by atoms with Gasteiger partial charge in [0, 0.05) is 18.9 Å². The molecule has 0 amide bonds. The van der Waals surface area contributed by atoms with Gasteiger partial charge in [-0.25, -0.2) is 0 Å². The smallest absolute Gasteiger partial charge is 0.192 e. The normalized spacial score (nSPS) is 42.5. The number of hydrogen-bond donors (Lipinski definition) is 0. The van der Waals surface area contributed by atoms with E-state index < -0.39 is 14.1 Å². The van der Waals surface area contributed by atoms with Crippen molar-refractivity contribution in [3.8, 4) is 0 Å². The Morgan fingerprint density at radius 3 is 2.33 bits per heavy atom.